The Balaban J connectivity index is 2.18. The molecule has 1 aromatic rings. The number of piperazine rings is 1. The Bertz CT molecular complexity index is 408. The van der Waals surface area contributed by atoms with E-state index in [9.17, 15) is 4.79 Å². The Morgan fingerprint density at radius 3 is 2.53 bits per heavy atom. The van der Waals surface area contributed by atoms with Crippen LogP contribution in [0.1, 0.15) is 28.4 Å². The number of carbonyl (C=O) groups excluding carboxylic acids is 1. The van der Waals surface area contributed by atoms with Gasteiger partial charge in [-0.1, -0.05) is 17.2 Å². The Kier molecular flexibility index (Phi) is 3.48. The molecule has 1 heterocycles. The highest BCUT2D eigenvalue weighted by Gasteiger charge is 2.21. The van der Waals surface area contributed by atoms with E-state index < -0.39 is 0 Å². The minimum Gasteiger partial charge on any atom is -0.336 e. The molecule has 1 aliphatic rings. The molecule has 3 heteroatoms. The lowest BCUT2D eigenvalue weighted by molar-refractivity contribution is 0.0709. The fourth-order valence-electron chi connectivity index (χ4n) is 2.40. The average molecular weight is 232 g/mol. The van der Waals surface area contributed by atoms with Crippen LogP contribution in [0.3, 0.4) is 0 Å². The van der Waals surface area contributed by atoms with Crippen LogP contribution in [0.4, 0.5) is 0 Å². The molecule has 1 amide bonds. The topological polar surface area (TPSA) is 32.3 Å². The molecule has 0 aliphatic carbocycles. The van der Waals surface area contributed by atoms with Crippen molar-refractivity contribution in [3.8, 4) is 0 Å². The summed E-state index contributed by atoms with van der Waals surface area (Å²) in [6.45, 7) is 8.66. The fraction of sp³-hybridized carbons (Fsp3) is 0.500. The van der Waals surface area contributed by atoms with Crippen LogP contribution in [0.25, 0.3) is 0 Å². The van der Waals surface area contributed by atoms with Crippen LogP contribution >= 0.6 is 0 Å². The first kappa shape index (κ1) is 12.1. The first-order valence-corrected chi connectivity index (χ1v) is 6.17. The van der Waals surface area contributed by atoms with Crippen molar-refractivity contribution in [3.63, 3.8) is 0 Å². The SMILES string of the molecule is Cc1cc(C)cc(C(=O)N2CCN[C@@H](C)C2)c1. The molecule has 2 rings (SSSR count). The molecule has 92 valence electrons. The van der Waals surface area contributed by atoms with Crippen LogP contribution < -0.4 is 5.32 Å². The predicted molar refractivity (Wildman–Crippen MR) is 69.3 cm³/mol. The van der Waals surface area contributed by atoms with Gasteiger partial charge in [-0.05, 0) is 32.9 Å². The van der Waals surface area contributed by atoms with Crippen LogP contribution in [0, 0.1) is 13.8 Å². The van der Waals surface area contributed by atoms with E-state index in [1.807, 2.05) is 30.9 Å². The van der Waals surface area contributed by atoms with Gasteiger partial charge in [0.05, 0.1) is 0 Å². The third kappa shape index (κ3) is 2.86. The van der Waals surface area contributed by atoms with Crippen molar-refractivity contribution in [2.45, 2.75) is 26.8 Å². The van der Waals surface area contributed by atoms with Gasteiger partial charge in [-0.2, -0.15) is 0 Å². The summed E-state index contributed by atoms with van der Waals surface area (Å²) >= 11 is 0. The molecule has 0 bridgehead atoms. The van der Waals surface area contributed by atoms with Crippen molar-refractivity contribution >= 4 is 5.91 Å². The van der Waals surface area contributed by atoms with E-state index >= 15 is 0 Å². The van der Waals surface area contributed by atoms with Crippen molar-refractivity contribution < 1.29 is 4.79 Å². The maximum atomic E-state index is 12.3. The quantitative estimate of drug-likeness (QED) is 0.800. The van der Waals surface area contributed by atoms with Crippen LogP contribution in [0.2, 0.25) is 0 Å². The number of hydrogen-bond donors (Lipinski definition) is 1. The molecule has 0 unspecified atom stereocenters. The lowest BCUT2D eigenvalue weighted by Crippen LogP contribution is -2.51. The molecule has 1 aliphatic heterocycles. The summed E-state index contributed by atoms with van der Waals surface area (Å²) in [5.41, 5.74) is 3.12. The second-order valence-electron chi connectivity index (χ2n) is 4.98. The summed E-state index contributed by atoms with van der Waals surface area (Å²) in [7, 11) is 0. The van der Waals surface area contributed by atoms with Gasteiger partial charge in [0.15, 0.2) is 0 Å². The van der Waals surface area contributed by atoms with E-state index in [1.165, 1.54) is 0 Å². The molecule has 17 heavy (non-hydrogen) atoms. The molecule has 1 saturated heterocycles. The lowest BCUT2D eigenvalue weighted by Gasteiger charge is -2.32. The van der Waals surface area contributed by atoms with Gasteiger partial charge in [-0.3, -0.25) is 4.79 Å². The second kappa shape index (κ2) is 4.88. The summed E-state index contributed by atoms with van der Waals surface area (Å²) in [6.07, 6.45) is 0. The average Bonchev–Trinajstić information content (AvgIpc) is 2.26. The Hall–Kier alpha value is -1.35. The van der Waals surface area contributed by atoms with Gasteiger partial charge in [0.25, 0.3) is 5.91 Å². The normalized spacial score (nSPS) is 20.4. The summed E-state index contributed by atoms with van der Waals surface area (Å²) < 4.78 is 0. The van der Waals surface area contributed by atoms with Crippen molar-refractivity contribution in [2.24, 2.45) is 0 Å². The fourth-order valence-corrected chi connectivity index (χ4v) is 2.40. The zero-order valence-electron chi connectivity index (χ0n) is 10.8. The largest absolute Gasteiger partial charge is 0.336 e. The first-order valence-electron chi connectivity index (χ1n) is 6.17. The molecule has 0 radical (unpaired) electrons. The van der Waals surface area contributed by atoms with Gasteiger partial charge in [0, 0.05) is 31.2 Å². The van der Waals surface area contributed by atoms with Crippen LogP contribution in [-0.4, -0.2) is 36.5 Å². The zero-order chi connectivity index (χ0) is 12.4. The highest BCUT2D eigenvalue weighted by atomic mass is 16.2. The van der Waals surface area contributed by atoms with Crippen molar-refractivity contribution in [1.29, 1.82) is 0 Å². The van der Waals surface area contributed by atoms with E-state index in [-0.39, 0.29) is 5.91 Å². The van der Waals surface area contributed by atoms with Gasteiger partial charge < -0.3 is 10.2 Å². The molecule has 1 atom stereocenters. The number of hydrogen-bond acceptors (Lipinski definition) is 2. The number of nitrogens with zero attached hydrogens (tertiary/aromatic N) is 1. The third-order valence-corrected chi connectivity index (χ3v) is 3.12. The lowest BCUT2D eigenvalue weighted by atomic mass is 10.1. The van der Waals surface area contributed by atoms with E-state index in [2.05, 4.69) is 18.3 Å². The highest BCUT2D eigenvalue weighted by Crippen LogP contribution is 2.12. The number of nitrogens with one attached hydrogen (secondary N) is 1. The van der Waals surface area contributed by atoms with Crippen LogP contribution in [0.5, 0.6) is 0 Å². The van der Waals surface area contributed by atoms with E-state index in [0.29, 0.717) is 6.04 Å². The molecular formula is C14H20N2O. The zero-order valence-corrected chi connectivity index (χ0v) is 10.8. The highest BCUT2D eigenvalue weighted by molar-refractivity contribution is 5.94. The molecule has 1 fully saturated rings. The Morgan fingerprint density at radius 2 is 1.94 bits per heavy atom. The van der Waals surface area contributed by atoms with Crippen molar-refractivity contribution in [1.82, 2.24) is 10.2 Å². The molecule has 3 nitrogen and oxygen atoms in total. The Morgan fingerprint density at radius 1 is 1.29 bits per heavy atom. The van der Waals surface area contributed by atoms with E-state index in [1.54, 1.807) is 0 Å². The number of amides is 1. The van der Waals surface area contributed by atoms with E-state index in [0.717, 1.165) is 36.3 Å². The first-order chi connectivity index (χ1) is 8.06. The van der Waals surface area contributed by atoms with E-state index in [4.69, 9.17) is 0 Å². The molecular weight excluding hydrogens is 212 g/mol. The minimum absolute atomic E-state index is 0.158. The molecule has 1 aromatic carbocycles. The van der Waals surface area contributed by atoms with Gasteiger partial charge in [0.2, 0.25) is 0 Å². The van der Waals surface area contributed by atoms with Crippen molar-refractivity contribution in [2.75, 3.05) is 19.6 Å². The molecule has 0 spiro atoms. The molecule has 0 saturated carbocycles. The number of carbonyl (C=O) groups is 1. The van der Waals surface area contributed by atoms with Gasteiger partial charge in [-0.25, -0.2) is 0 Å². The standard InChI is InChI=1S/C14H20N2O/c1-10-6-11(2)8-13(7-10)14(17)16-5-4-15-12(3)9-16/h6-8,12,15H,4-5,9H2,1-3H3/t12-/m0/s1. The smallest absolute Gasteiger partial charge is 0.253 e. The van der Waals surface area contributed by atoms with Crippen LogP contribution in [0.15, 0.2) is 18.2 Å². The predicted octanol–water partition coefficient (Wildman–Crippen LogP) is 1.74. The van der Waals surface area contributed by atoms with Gasteiger partial charge >= 0.3 is 0 Å². The monoisotopic (exact) mass is 232 g/mol. The maximum absolute atomic E-state index is 12.3. The molecule has 1 N–H and O–H groups in total. The van der Waals surface area contributed by atoms with Gasteiger partial charge in [0.1, 0.15) is 0 Å². The maximum Gasteiger partial charge on any atom is 0.253 e. The summed E-state index contributed by atoms with van der Waals surface area (Å²) in [5.74, 6) is 0.158. The number of rotatable bonds is 1. The minimum atomic E-state index is 0.158. The van der Waals surface area contributed by atoms with Crippen molar-refractivity contribution in [3.05, 3.63) is 34.9 Å². The Labute approximate surface area is 103 Å². The summed E-state index contributed by atoms with van der Waals surface area (Å²) in [4.78, 5) is 14.3. The van der Waals surface area contributed by atoms with Gasteiger partial charge in [-0.15, -0.1) is 0 Å². The third-order valence-electron chi connectivity index (χ3n) is 3.12. The summed E-state index contributed by atoms with van der Waals surface area (Å²) in [6, 6.07) is 6.43. The number of benzene rings is 1. The molecule has 0 aromatic heterocycles. The second-order valence-corrected chi connectivity index (χ2v) is 4.98. The summed E-state index contributed by atoms with van der Waals surface area (Å²) in [5, 5.41) is 3.35. The number of aryl methyl sites for hydroxylation is 2. The van der Waals surface area contributed by atoms with Crippen LogP contribution in [-0.2, 0) is 0 Å².